The number of pyridine rings is 1. The zero-order valence-corrected chi connectivity index (χ0v) is 15.7. The van der Waals surface area contributed by atoms with E-state index in [1.165, 1.54) is 25.0 Å². The molecule has 2 heterocycles. The molecular formula is C24H22FN3. The number of hydrogen-bond donors (Lipinski definition) is 0. The molecule has 4 heteroatoms. The zero-order chi connectivity index (χ0) is 19.3. The fourth-order valence-corrected chi connectivity index (χ4v) is 3.77. The average molecular weight is 371 g/mol. The van der Waals surface area contributed by atoms with Crippen LogP contribution in [0.25, 0.3) is 22.4 Å². The van der Waals surface area contributed by atoms with Crippen LogP contribution in [0.1, 0.15) is 31.2 Å². The Kier molecular flexibility index (Phi) is 5.34. The molecule has 4 rings (SSSR count). The minimum atomic E-state index is -0.270. The molecule has 0 radical (unpaired) electrons. The lowest BCUT2D eigenvalue weighted by molar-refractivity contribution is 0.628. The minimum absolute atomic E-state index is 0.270. The van der Waals surface area contributed by atoms with Gasteiger partial charge in [0.25, 0.3) is 0 Å². The molecule has 1 fully saturated rings. The topological polar surface area (TPSA) is 39.9 Å². The molecule has 0 aliphatic carbocycles. The molecule has 140 valence electrons. The van der Waals surface area contributed by atoms with Gasteiger partial charge in [-0.05, 0) is 48.7 Å². The van der Waals surface area contributed by atoms with Crippen molar-refractivity contribution in [1.82, 2.24) is 4.98 Å². The highest BCUT2D eigenvalue weighted by atomic mass is 19.1. The summed E-state index contributed by atoms with van der Waals surface area (Å²) in [7, 11) is 0. The van der Waals surface area contributed by atoms with Crippen molar-refractivity contribution < 1.29 is 4.39 Å². The summed E-state index contributed by atoms with van der Waals surface area (Å²) in [5.41, 5.74) is 4.08. The van der Waals surface area contributed by atoms with Crippen LogP contribution in [0.4, 0.5) is 10.2 Å². The van der Waals surface area contributed by atoms with Crippen LogP contribution in [0.15, 0.2) is 60.7 Å². The number of aromatic nitrogens is 1. The van der Waals surface area contributed by atoms with Crippen molar-refractivity contribution in [3.8, 4) is 28.5 Å². The van der Waals surface area contributed by atoms with Gasteiger partial charge in [0.1, 0.15) is 23.3 Å². The smallest absolute Gasteiger partial charge is 0.147 e. The Morgan fingerprint density at radius 2 is 1.54 bits per heavy atom. The molecule has 1 saturated heterocycles. The summed E-state index contributed by atoms with van der Waals surface area (Å²) in [6.45, 7) is 1.81. The van der Waals surface area contributed by atoms with Crippen LogP contribution in [0, 0.1) is 17.1 Å². The summed E-state index contributed by atoms with van der Waals surface area (Å²) in [6.07, 6.45) is 4.63. The van der Waals surface area contributed by atoms with Crippen molar-refractivity contribution in [2.75, 3.05) is 18.0 Å². The van der Waals surface area contributed by atoms with Crippen LogP contribution in [0.2, 0.25) is 0 Å². The monoisotopic (exact) mass is 371 g/mol. The predicted octanol–water partition coefficient (Wildman–Crippen LogP) is 5.81. The number of nitriles is 1. The van der Waals surface area contributed by atoms with E-state index in [9.17, 15) is 9.65 Å². The lowest BCUT2D eigenvalue weighted by Crippen LogP contribution is -2.26. The second-order valence-electron chi connectivity index (χ2n) is 7.14. The second-order valence-corrected chi connectivity index (χ2v) is 7.14. The van der Waals surface area contributed by atoms with Gasteiger partial charge in [0.15, 0.2) is 0 Å². The van der Waals surface area contributed by atoms with E-state index in [0.717, 1.165) is 54.1 Å². The standard InChI is InChI=1S/C24H22FN3/c25-20-12-10-19(11-13-20)23-16-21(18-8-4-3-5-9-18)22(17-26)24(27-23)28-14-6-1-2-7-15-28/h3-5,8-13,16H,1-2,6-7,14-15H2. The van der Waals surface area contributed by atoms with Gasteiger partial charge in [-0.25, -0.2) is 9.37 Å². The van der Waals surface area contributed by atoms with Crippen molar-refractivity contribution in [3.05, 3.63) is 72.0 Å². The van der Waals surface area contributed by atoms with Gasteiger partial charge in [-0.3, -0.25) is 0 Å². The van der Waals surface area contributed by atoms with E-state index < -0.39 is 0 Å². The van der Waals surface area contributed by atoms with E-state index in [2.05, 4.69) is 11.0 Å². The number of benzene rings is 2. The van der Waals surface area contributed by atoms with Gasteiger partial charge < -0.3 is 4.90 Å². The van der Waals surface area contributed by atoms with Crippen LogP contribution >= 0.6 is 0 Å². The average Bonchev–Trinajstić information content (AvgIpc) is 3.03. The van der Waals surface area contributed by atoms with Crippen LogP contribution in [-0.2, 0) is 0 Å². The lowest BCUT2D eigenvalue weighted by atomic mass is 9.98. The molecule has 0 N–H and O–H groups in total. The zero-order valence-electron chi connectivity index (χ0n) is 15.7. The van der Waals surface area contributed by atoms with Crippen molar-refractivity contribution in [3.63, 3.8) is 0 Å². The highest BCUT2D eigenvalue weighted by molar-refractivity contribution is 5.81. The number of nitrogens with zero attached hydrogens (tertiary/aromatic N) is 3. The summed E-state index contributed by atoms with van der Waals surface area (Å²) in [6, 6.07) is 20.7. The molecule has 1 aliphatic rings. The first kappa shape index (κ1) is 18.2. The number of halogens is 1. The maximum absolute atomic E-state index is 13.4. The Balaban J connectivity index is 1.91. The predicted molar refractivity (Wildman–Crippen MR) is 110 cm³/mol. The van der Waals surface area contributed by atoms with Gasteiger partial charge in [0.05, 0.1) is 5.69 Å². The number of rotatable bonds is 3. The van der Waals surface area contributed by atoms with E-state index in [0.29, 0.717) is 5.56 Å². The van der Waals surface area contributed by atoms with Crippen molar-refractivity contribution in [2.45, 2.75) is 25.7 Å². The van der Waals surface area contributed by atoms with E-state index in [1.807, 2.05) is 36.4 Å². The highest BCUT2D eigenvalue weighted by Crippen LogP contribution is 2.34. The van der Waals surface area contributed by atoms with Gasteiger partial charge in [-0.2, -0.15) is 5.26 Å². The lowest BCUT2D eigenvalue weighted by Gasteiger charge is -2.24. The molecule has 0 unspecified atom stereocenters. The van der Waals surface area contributed by atoms with Crippen LogP contribution < -0.4 is 4.90 Å². The Morgan fingerprint density at radius 1 is 0.857 bits per heavy atom. The Labute approximate surface area is 165 Å². The first-order valence-electron chi connectivity index (χ1n) is 9.78. The first-order valence-corrected chi connectivity index (χ1v) is 9.78. The molecule has 0 saturated carbocycles. The molecule has 0 atom stereocenters. The summed E-state index contributed by atoms with van der Waals surface area (Å²) in [4.78, 5) is 7.12. The van der Waals surface area contributed by atoms with Crippen molar-refractivity contribution in [2.24, 2.45) is 0 Å². The Bertz CT molecular complexity index is 983. The van der Waals surface area contributed by atoms with Gasteiger partial charge in [-0.15, -0.1) is 0 Å². The Hall–Kier alpha value is -3.19. The maximum Gasteiger partial charge on any atom is 0.147 e. The molecule has 0 amide bonds. The van der Waals surface area contributed by atoms with E-state index >= 15 is 0 Å². The van der Waals surface area contributed by atoms with Gasteiger partial charge in [-0.1, -0.05) is 43.2 Å². The minimum Gasteiger partial charge on any atom is -0.355 e. The van der Waals surface area contributed by atoms with E-state index in [1.54, 1.807) is 12.1 Å². The molecule has 1 aliphatic heterocycles. The van der Waals surface area contributed by atoms with Crippen LogP contribution in [0.5, 0.6) is 0 Å². The largest absolute Gasteiger partial charge is 0.355 e. The van der Waals surface area contributed by atoms with E-state index in [-0.39, 0.29) is 5.82 Å². The van der Waals surface area contributed by atoms with Gasteiger partial charge in [0.2, 0.25) is 0 Å². The van der Waals surface area contributed by atoms with Gasteiger partial charge >= 0.3 is 0 Å². The van der Waals surface area contributed by atoms with Crippen molar-refractivity contribution >= 4 is 5.82 Å². The molecule has 2 aromatic carbocycles. The third-order valence-electron chi connectivity index (χ3n) is 5.24. The summed E-state index contributed by atoms with van der Waals surface area (Å²) < 4.78 is 13.4. The molecule has 0 bridgehead atoms. The summed E-state index contributed by atoms with van der Waals surface area (Å²) in [5.74, 6) is 0.471. The normalized spacial score (nSPS) is 14.4. The highest BCUT2D eigenvalue weighted by Gasteiger charge is 2.20. The van der Waals surface area contributed by atoms with Crippen LogP contribution in [0.3, 0.4) is 0 Å². The van der Waals surface area contributed by atoms with Gasteiger partial charge in [0, 0.05) is 24.2 Å². The summed E-state index contributed by atoms with van der Waals surface area (Å²) in [5, 5.41) is 9.99. The third kappa shape index (κ3) is 3.75. The Morgan fingerprint density at radius 3 is 2.18 bits per heavy atom. The third-order valence-corrected chi connectivity index (χ3v) is 5.24. The molecule has 28 heavy (non-hydrogen) atoms. The molecule has 3 nitrogen and oxygen atoms in total. The molecule has 0 spiro atoms. The maximum atomic E-state index is 13.4. The first-order chi connectivity index (χ1) is 13.8. The fraction of sp³-hybridized carbons (Fsp3) is 0.250. The fourth-order valence-electron chi connectivity index (χ4n) is 3.77. The molecular weight excluding hydrogens is 349 g/mol. The quantitative estimate of drug-likeness (QED) is 0.583. The van der Waals surface area contributed by atoms with E-state index in [4.69, 9.17) is 4.98 Å². The molecule has 1 aromatic heterocycles. The molecule has 3 aromatic rings. The number of hydrogen-bond acceptors (Lipinski definition) is 3. The number of anilines is 1. The summed E-state index contributed by atoms with van der Waals surface area (Å²) >= 11 is 0. The van der Waals surface area contributed by atoms with Crippen LogP contribution in [-0.4, -0.2) is 18.1 Å². The van der Waals surface area contributed by atoms with Crippen molar-refractivity contribution in [1.29, 1.82) is 5.26 Å². The second kappa shape index (κ2) is 8.22. The SMILES string of the molecule is N#Cc1c(-c2ccccc2)cc(-c2ccc(F)cc2)nc1N1CCCCCC1.